The van der Waals surface area contributed by atoms with E-state index in [1.54, 1.807) is 11.0 Å². The lowest BCUT2D eigenvalue weighted by atomic mass is 10.1. The molecule has 2 atom stereocenters. The first-order valence-electron chi connectivity index (χ1n) is 8.80. The lowest BCUT2D eigenvalue weighted by Gasteiger charge is -2.08. The average molecular weight is 347 g/mol. The van der Waals surface area contributed by atoms with Crippen LogP contribution in [0.4, 0.5) is 4.79 Å². The molecule has 0 spiro atoms. The zero-order valence-electron chi connectivity index (χ0n) is 14.4. The van der Waals surface area contributed by atoms with Gasteiger partial charge in [-0.2, -0.15) is 5.10 Å². The highest BCUT2D eigenvalue weighted by Gasteiger charge is 2.37. The summed E-state index contributed by atoms with van der Waals surface area (Å²) in [5.74, 6) is 1.13. The molecule has 6 heteroatoms. The number of urea groups is 1. The van der Waals surface area contributed by atoms with Crippen molar-refractivity contribution in [2.45, 2.75) is 18.9 Å². The van der Waals surface area contributed by atoms with E-state index in [1.165, 1.54) is 11.9 Å². The topological polar surface area (TPSA) is 71.8 Å². The van der Waals surface area contributed by atoms with E-state index in [0.29, 0.717) is 18.4 Å². The van der Waals surface area contributed by atoms with Crippen LogP contribution in [-0.2, 0) is 6.54 Å². The van der Waals surface area contributed by atoms with Crippen molar-refractivity contribution in [3.05, 3.63) is 78.4 Å². The average Bonchev–Trinajstić information content (AvgIpc) is 3.26. The Hall–Kier alpha value is -3.15. The maximum atomic E-state index is 12.0. The van der Waals surface area contributed by atoms with Crippen LogP contribution in [0.15, 0.2) is 67.3 Å². The molecule has 3 aromatic rings. The standard InChI is InChI=1S/C20H21N5O/c26-20(23-12-17-10-19(17)16-4-2-1-3-5-16)22-11-15-6-8-18(9-7-15)25-14-21-13-24-25/h1-9,13-14,17,19H,10-12H2,(H2,22,23,26)/t17-,19-/m0/s1. The Morgan fingerprint density at radius 2 is 1.88 bits per heavy atom. The summed E-state index contributed by atoms with van der Waals surface area (Å²) in [4.78, 5) is 15.9. The van der Waals surface area contributed by atoms with E-state index < -0.39 is 0 Å². The molecule has 0 unspecified atom stereocenters. The SMILES string of the molecule is O=C(NCc1ccc(-n2cncn2)cc1)NC[C@@H]1C[C@H]1c1ccccc1. The third-order valence-electron chi connectivity index (χ3n) is 4.75. The van der Waals surface area contributed by atoms with E-state index in [9.17, 15) is 4.79 Å². The number of carbonyl (C=O) groups excluding carboxylic acids is 1. The molecule has 0 radical (unpaired) electrons. The minimum Gasteiger partial charge on any atom is -0.338 e. The molecule has 1 saturated carbocycles. The molecule has 0 saturated heterocycles. The molecule has 4 rings (SSSR count). The highest BCUT2D eigenvalue weighted by molar-refractivity contribution is 5.73. The van der Waals surface area contributed by atoms with E-state index >= 15 is 0 Å². The lowest BCUT2D eigenvalue weighted by Crippen LogP contribution is -2.36. The molecule has 2 N–H and O–H groups in total. The van der Waals surface area contributed by atoms with Crippen LogP contribution < -0.4 is 10.6 Å². The molecule has 2 aromatic carbocycles. The van der Waals surface area contributed by atoms with Gasteiger partial charge in [0.05, 0.1) is 5.69 Å². The molecule has 6 nitrogen and oxygen atoms in total. The third kappa shape index (κ3) is 3.91. The van der Waals surface area contributed by atoms with Crippen molar-refractivity contribution >= 4 is 6.03 Å². The van der Waals surface area contributed by atoms with Crippen LogP contribution in [0.5, 0.6) is 0 Å². The first kappa shape index (κ1) is 16.3. The largest absolute Gasteiger partial charge is 0.338 e. The Kier molecular flexibility index (Phi) is 4.64. The lowest BCUT2D eigenvalue weighted by molar-refractivity contribution is 0.240. The number of nitrogens with one attached hydrogen (secondary N) is 2. The van der Waals surface area contributed by atoms with Crippen molar-refractivity contribution in [3.8, 4) is 5.69 Å². The molecule has 1 heterocycles. The minimum absolute atomic E-state index is 0.121. The van der Waals surface area contributed by atoms with Crippen molar-refractivity contribution in [1.29, 1.82) is 0 Å². The van der Waals surface area contributed by atoms with Gasteiger partial charge in [0.15, 0.2) is 0 Å². The van der Waals surface area contributed by atoms with Crippen LogP contribution in [-0.4, -0.2) is 27.3 Å². The fourth-order valence-corrected chi connectivity index (χ4v) is 3.16. The van der Waals surface area contributed by atoms with E-state index in [0.717, 1.165) is 24.2 Å². The number of nitrogens with zero attached hydrogens (tertiary/aromatic N) is 3. The van der Waals surface area contributed by atoms with Crippen molar-refractivity contribution in [2.24, 2.45) is 5.92 Å². The summed E-state index contributed by atoms with van der Waals surface area (Å²) < 4.78 is 1.70. The molecule has 1 aliphatic carbocycles. The molecule has 1 fully saturated rings. The third-order valence-corrected chi connectivity index (χ3v) is 4.75. The Bertz CT molecular complexity index is 846. The highest BCUT2D eigenvalue weighted by atomic mass is 16.2. The van der Waals surface area contributed by atoms with Gasteiger partial charge in [-0.25, -0.2) is 14.5 Å². The van der Waals surface area contributed by atoms with Gasteiger partial charge in [-0.1, -0.05) is 42.5 Å². The van der Waals surface area contributed by atoms with Crippen LogP contribution >= 0.6 is 0 Å². The van der Waals surface area contributed by atoms with Gasteiger partial charge in [0, 0.05) is 13.1 Å². The molecule has 1 aromatic heterocycles. The molecule has 0 bridgehead atoms. The quantitative estimate of drug-likeness (QED) is 0.720. The Balaban J connectivity index is 1.20. The summed E-state index contributed by atoms with van der Waals surface area (Å²) in [5, 5.41) is 9.97. The summed E-state index contributed by atoms with van der Waals surface area (Å²) in [6, 6.07) is 18.2. The molecule has 0 aliphatic heterocycles. The second-order valence-electron chi connectivity index (χ2n) is 6.58. The van der Waals surface area contributed by atoms with Crippen LogP contribution in [0, 0.1) is 5.92 Å². The second kappa shape index (κ2) is 7.39. The zero-order chi connectivity index (χ0) is 17.8. The van der Waals surface area contributed by atoms with E-state index in [4.69, 9.17) is 0 Å². The predicted molar refractivity (Wildman–Crippen MR) is 98.9 cm³/mol. The fourth-order valence-electron chi connectivity index (χ4n) is 3.16. The fraction of sp³-hybridized carbons (Fsp3) is 0.250. The number of rotatable bonds is 6. The second-order valence-corrected chi connectivity index (χ2v) is 6.58. The van der Waals surface area contributed by atoms with Crippen LogP contribution in [0.1, 0.15) is 23.5 Å². The molecular weight excluding hydrogens is 326 g/mol. The highest BCUT2D eigenvalue weighted by Crippen LogP contribution is 2.46. The van der Waals surface area contributed by atoms with E-state index in [1.807, 2.05) is 30.3 Å². The van der Waals surface area contributed by atoms with Gasteiger partial charge in [0.2, 0.25) is 0 Å². The maximum Gasteiger partial charge on any atom is 0.315 e. The summed E-state index contributed by atoms with van der Waals surface area (Å²) >= 11 is 0. The molecule has 2 amide bonds. The van der Waals surface area contributed by atoms with Gasteiger partial charge >= 0.3 is 6.03 Å². The first-order valence-corrected chi connectivity index (χ1v) is 8.80. The minimum atomic E-state index is -0.121. The normalized spacial score (nSPS) is 18.3. The van der Waals surface area contributed by atoms with Crippen LogP contribution in [0.3, 0.4) is 0 Å². The van der Waals surface area contributed by atoms with Gasteiger partial charge in [-0.05, 0) is 41.5 Å². The number of aromatic nitrogens is 3. The predicted octanol–water partition coefficient (Wildman–Crippen LogP) is 2.87. The smallest absolute Gasteiger partial charge is 0.315 e. The number of benzene rings is 2. The zero-order valence-corrected chi connectivity index (χ0v) is 14.4. The summed E-state index contributed by atoms with van der Waals surface area (Å²) in [7, 11) is 0. The Morgan fingerprint density at radius 3 is 2.62 bits per heavy atom. The van der Waals surface area contributed by atoms with E-state index in [-0.39, 0.29) is 6.03 Å². The van der Waals surface area contributed by atoms with Crippen molar-refractivity contribution in [3.63, 3.8) is 0 Å². The van der Waals surface area contributed by atoms with Crippen molar-refractivity contribution in [1.82, 2.24) is 25.4 Å². The van der Waals surface area contributed by atoms with E-state index in [2.05, 4.69) is 45.0 Å². The number of amides is 2. The number of hydrogen-bond acceptors (Lipinski definition) is 3. The molecular formula is C20H21N5O. The van der Waals surface area contributed by atoms with Gasteiger partial charge in [0.25, 0.3) is 0 Å². The van der Waals surface area contributed by atoms with Gasteiger partial charge in [-0.15, -0.1) is 0 Å². The first-order chi connectivity index (χ1) is 12.8. The van der Waals surface area contributed by atoms with Crippen LogP contribution in [0.25, 0.3) is 5.69 Å². The Labute approximate surface area is 152 Å². The molecule has 26 heavy (non-hydrogen) atoms. The van der Waals surface area contributed by atoms with Crippen molar-refractivity contribution in [2.75, 3.05) is 6.54 Å². The summed E-state index contributed by atoms with van der Waals surface area (Å²) in [6.45, 7) is 1.22. The van der Waals surface area contributed by atoms with Crippen LogP contribution in [0.2, 0.25) is 0 Å². The maximum absolute atomic E-state index is 12.0. The van der Waals surface area contributed by atoms with Crippen molar-refractivity contribution < 1.29 is 4.79 Å². The summed E-state index contributed by atoms with van der Waals surface area (Å²) in [6.07, 6.45) is 4.30. The van der Waals surface area contributed by atoms with Gasteiger partial charge in [-0.3, -0.25) is 0 Å². The Morgan fingerprint density at radius 1 is 1.08 bits per heavy atom. The monoisotopic (exact) mass is 347 g/mol. The number of carbonyl (C=O) groups is 1. The molecule has 1 aliphatic rings. The van der Waals surface area contributed by atoms with Gasteiger partial charge in [0.1, 0.15) is 12.7 Å². The van der Waals surface area contributed by atoms with Gasteiger partial charge < -0.3 is 10.6 Å². The summed E-state index contributed by atoms with van der Waals surface area (Å²) in [5.41, 5.74) is 3.35. The molecule has 132 valence electrons. The number of hydrogen-bond donors (Lipinski definition) is 2.